The van der Waals surface area contributed by atoms with E-state index in [0.717, 1.165) is 26.2 Å². The summed E-state index contributed by atoms with van der Waals surface area (Å²) in [5.41, 5.74) is 2.57. The molecule has 39 heavy (non-hydrogen) atoms. The Morgan fingerprint density at radius 1 is 0.769 bits per heavy atom. The van der Waals surface area contributed by atoms with Crippen molar-refractivity contribution < 1.29 is 23.0 Å². The van der Waals surface area contributed by atoms with Gasteiger partial charge in [0.25, 0.3) is 0 Å². The Balaban J connectivity index is 1.11. The standard InChI is InChI=1S/C30H37N3O5S/c34-27(24-38-28-11-13-29(14-12-28)39(35,36)33-19-21-37-22-20-33)23-31-15-17-32(18-16-31)30(25-7-3-1-4-8-25)26-9-5-2-6-10-26/h1-14,27,30,34H,15-24H2/t27-/m1/s1. The molecule has 9 heteroatoms. The number of sulfonamides is 1. The Kier molecular flexibility index (Phi) is 9.28. The highest BCUT2D eigenvalue weighted by Gasteiger charge is 2.28. The molecule has 8 nitrogen and oxygen atoms in total. The van der Waals surface area contributed by atoms with Crippen molar-refractivity contribution >= 4 is 10.0 Å². The Morgan fingerprint density at radius 3 is 1.90 bits per heavy atom. The zero-order valence-corrected chi connectivity index (χ0v) is 23.0. The van der Waals surface area contributed by atoms with Crippen LogP contribution in [0.2, 0.25) is 0 Å². The molecule has 5 rings (SSSR count). The number of ether oxygens (including phenoxy) is 2. The van der Waals surface area contributed by atoms with Crippen LogP contribution >= 0.6 is 0 Å². The van der Waals surface area contributed by atoms with Crippen molar-refractivity contribution in [3.8, 4) is 5.75 Å². The van der Waals surface area contributed by atoms with Gasteiger partial charge >= 0.3 is 0 Å². The molecule has 0 bridgehead atoms. The fourth-order valence-corrected chi connectivity index (χ4v) is 6.68. The highest BCUT2D eigenvalue weighted by atomic mass is 32.2. The van der Waals surface area contributed by atoms with Gasteiger partial charge in [-0.05, 0) is 35.4 Å². The Labute approximate surface area is 231 Å². The third-order valence-electron chi connectivity index (χ3n) is 7.35. The van der Waals surface area contributed by atoms with Gasteiger partial charge in [-0.1, -0.05) is 60.7 Å². The van der Waals surface area contributed by atoms with Crippen molar-refractivity contribution in [2.75, 3.05) is 65.6 Å². The zero-order chi connectivity index (χ0) is 27.1. The molecule has 3 aromatic carbocycles. The molecule has 2 heterocycles. The molecule has 1 atom stereocenters. The Bertz CT molecular complexity index is 1220. The Morgan fingerprint density at radius 2 is 1.33 bits per heavy atom. The van der Waals surface area contributed by atoms with Crippen molar-refractivity contribution in [3.63, 3.8) is 0 Å². The smallest absolute Gasteiger partial charge is 0.243 e. The van der Waals surface area contributed by atoms with Gasteiger partial charge in [-0.3, -0.25) is 9.80 Å². The van der Waals surface area contributed by atoms with Gasteiger partial charge in [0.1, 0.15) is 18.5 Å². The first-order valence-corrected chi connectivity index (χ1v) is 15.0. The van der Waals surface area contributed by atoms with Crippen LogP contribution in [0.25, 0.3) is 0 Å². The lowest BCUT2D eigenvalue weighted by Crippen LogP contribution is -2.50. The number of hydrogen-bond acceptors (Lipinski definition) is 7. The highest BCUT2D eigenvalue weighted by Crippen LogP contribution is 2.29. The van der Waals surface area contributed by atoms with E-state index in [0.29, 0.717) is 38.6 Å². The molecule has 0 aliphatic carbocycles. The number of morpholine rings is 1. The summed E-state index contributed by atoms with van der Waals surface area (Å²) >= 11 is 0. The average molecular weight is 552 g/mol. The van der Waals surface area contributed by atoms with Crippen LogP contribution in [0.15, 0.2) is 89.8 Å². The maximum Gasteiger partial charge on any atom is 0.243 e. The lowest BCUT2D eigenvalue weighted by molar-refractivity contribution is 0.0401. The fourth-order valence-electron chi connectivity index (χ4n) is 5.28. The normalized spacial score (nSPS) is 18.7. The molecule has 208 valence electrons. The minimum Gasteiger partial charge on any atom is -0.491 e. The number of hydrogen-bond donors (Lipinski definition) is 1. The van der Waals surface area contributed by atoms with Crippen molar-refractivity contribution in [3.05, 3.63) is 96.1 Å². The van der Waals surface area contributed by atoms with E-state index in [-0.39, 0.29) is 17.5 Å². The first kappa shape index (κ1) is 27.8. The molecular weight excluding hydrogens is 514 g/mol. The summed E-state index contributed by atoms with van der Waals surface area (Å²) in [6, 6.07) is 27.8. The summed E-state index contributed by atoms with van der Waals surface area (Å²) in [6.07, 6.45) is -0.646. The molecule has 0 spiro atoms. The molecule has 2 fully saturated rings. The summed E-state index contributed by atoms with van der Waals surface area (Å²) in [5, 5.41) is 10.7. The fraction of sp³-hybridized carbons (Fsp3) is 0.400. The SMILES string of the molecule is O=S(=O)(c1ccc(OC[C@H](O)CN2CCN(C(c3ccccc3)c3ccccc3)CC2)cc1)N1CCOCC1. The lowest BCUT2D eigenvalue weighted by atomic mass is 9.96. The van der Waals surface area contributed by atoms with Gasteiger partial charge in [0.15, 0.2) is 0 Å². The number of aliphatic hydroxyl groups is 1. The molecule has 1 N–H and O–H groups in total. The van der Waals surface area contributed by atoms with E-state index in [2.05, 4.69) is 70.5 Å². The molecule has 0 aromatic heterocycles. The molecule has 2 saturated heterocycles. The number of β-amino-alcohol motifs (C(OH)–C–C–N with tert-alkyl or cyclic N) is 1. The second kappa shape index (κ2) is 13.0. The molecule has 0 radical (unpaired) electrons. The van der Waals surface area contributed by atoms with E-state index in [1.165, 1.54) is 15.4 Å². The lowest BCUT2D eigenvalue weighted by Gasteiger charge is -2.40. The van der Waals surface area contributed by atoms with Crippen molar-refractivity contribution in [1.29, 1.82) is 0 Å². The minimum atomic E-state index is -3.54. The van der Waals surface area contributed by atoms with Gasteiger partial charge < -0.3 is 14.6 Å². The van der Waals surface area contributed by atoms with Gasteiger partial charge in [0.05, 0.1) is 24.2 Å². The molecular formula is C30H37N3O5S. The largest absolute Gasteiger partial charge is 0.491 e. The van der Waals surface area contributed by atoms with Crippen LogP contribution < -0.4 is 4.74 Å². The maximum absolute atomic E-state index is 12.8. The maximum atomic E-state index is 12.8. The highest BCUT2D eigenvalue weighted by molar-refractivity contribution is 7.89. The monoisotopic (exact) mass is 551 g/mol. The summed E-state index contributed by atoms with van der Waals surface area (Å²) in [7, 11) is -3.54. The summed E-state index contributed by atoms with van der Waals surface area (Å²) in [6.45, 7) is 5.75. The van der Waals surface area contributed by atoms with Crippen molar-refractivity contribution in [2.45, 2.75) is 17.0 Å². The quantitative estimate of drug-likeness (QED) is 0.415. The first-order valence-electron chi connectivity index (χ1n) is 13.6. The zero-order valence-electron chi connectivity index (χ0n) is 22.1. The van der Waals surface area contributed by atoms with Gasteiger partial charge in [0, 0.05) is 45.8 Å². The predicted octanol–water partition coefficient (Wildman–Crippen LogP) is 2.85. The predicted molar refractivity (Wildman–Crippen MR) is 150 cm³/mol. The van der Waals surface area contributed by atoms with Crippen molar-refractivity contribution in [2.24, 2.45) is 0 Å². The average Bonchev–Trinajstić information content (AvgIpc) is 2.99. The second-order valence-electron chi connectivity index (χ2n) is 10.0. The van der Waals surface area contributed by atoms with Crippen LogP contribution in [0.1, 0.15) is 17.2 Å². The number of rotatable bonds is 10. The van der Waals surface area contributed by atoms with Gasteiger partial charge in [-0.15, -0.1) is 0 Å². The van der Waals surface area contributed by atoms with Crippen LogP contribution in [0.3, 0.4) is 0 Å². The molecule has 2 aliphatic heterocycles. The van der Waals surface area contributed by atoms with Gasteiger partial charge in [0.2, 0.25) is 10.0 Å². The second-order valence-corrected chi connectivity index (χ2v) is 12.0. The van der Waals surface area contributed by atoms with Crippen LogP contribution in [0.5, 0.6) is 5.75 Å². The van der Waals surface area contributed by atoms with E-state index in [4.69, 9.17) is 9.47 Å². The first-order chi connectivity index (χ1) is 19.0. The van der Waals surface area contributed by atoms with Gasteiger partial charge in [-0.25, -0.2) is 8.42 Å². The van der Waals surface area contributed by atoms with E-state index in [9.17, 15) is 13.5 Å². The van der Waals surface area contributed by atoms with E-state index >= 15 is 0 Å². The van der Waals surface area contributed by atoms with Crippen LogP contribution in [-0.2, 0) is 14.8 Å². The van der Waals surface area contributed by atoms with Gasteiger partial charge in [-0.2, -0.15) is 4.31 Å². The number of nitrogens with zero attached hydrogens (tertiary/aromatic N) is 3. The number of benzene rings is 3. The third-order valence-corrected chi connectivity index (χ3v) is 9.26. The summed E-state index contributed by atoms with van der Waals surface area (Å²) < 4.78 is 38.1. The number of piperazine rings is 1. The molecule has 0 saturated carbocycles. The molecule has 2 aliphatic rings. The molecule has 3 aromatic rings. The Hall–Kier alpha value is -2.79. The summed E-state index contributed by atoms with van der Waals surface area (Å²) in [4.78, 5) is 5.02. The molecule has 0 unspecified atom stereocenters. The van der Waals surface area contributed by atoms with Crippen LogP contribution in [-0.4, -0.2) is 99.4 Å². The van der Waals surface area contributed by atoms with Crippen LogP contribution in [0, 0.1) is 0 Å². The third kappa shape index (κ3) is 7.05. The van der Waals surface area contributed by atoms with Crippen LogP contribution in [0.4, 0.5) is 0 Å². The number of aliphatic hydroxyl groups excluding tert-OH is 1. The minimum absolute atomic E-state index is 0.145. The van der Waals surface area contributed by atoms with E-state index in [1.54, 1.807) is 24.3 Å². The van der Waals surface area contributed by atoms with E-state index in [1.807, 2.05) is 0 Å². The van der Waals surface area contributed by atoms with E-state index < -0.39 is 16.1 Å². The molecule has 0 amide bonds. The summed E-state index contributed by atoms with van der Waals surface area (Å²) in [5.74, 6) is 0.536. The topological polar surface area (TPSA) is 82.5 Å². The van der Waals surface area contributed by atoms with Crippen molar-refractivity contribution in [1.82, 2.24) is 14.1 Å².